The predicted octanol–water partition coefficient (Wildman–Crippen LogP) is 4.21. The zero-order valence-corrected chi connectivity index (χ0v) is 20.4. The minimum absolute atomic E-state index is 0.0487. The van der Waals surface area contributed by atoms with Crippen LogP contribution in [0.1, 0.15) is 22.3 Å². The Balaban J connectivity index is 1.70. The van der Waals surface area contributed by atoms with Gasteiger partial charge >= 0.3 is 11.6 Å². The molecule has 0 aliphatic rings. The van der Waals surface area contributed by atoms with Crippen LogP contribution in [0.5, 0.6) is 5.75 Å². The predicted molar refractivity (Wildman–Crippen MR) is 133 cm³/mol. The molecular weight excluding hydrogens is 466 g/mol. The monoisotopic (exact) mass is 491 g/mol. The summed E-state index contributed by atoms with van der Waals surface area (Å²) in [6.07, 6.45) is 0.0859. The fraction of sp³-hybridized carbons (Fsp3) is 0.185. The van der Waals surface area contributed by atoms with Crippen LogP contribution in [-0.4, -0.2) is 20.4 Å². The number of rotatable bonds is 7. The largest absolute Gasteiger partial charge is 0.425 e. The van der Waals surface area contributed by atoms with E-state index in [1.807, 2.05) is 25.1 Å². The molecule has 8 heteroatoms. The van der Waals surface area contributed by atoms with Gasteiger partial charge in [-0.3, -0.25) is 0 Å². The summed E-state index contributed by atoms with van der Waals surface area (Å²) >= 11 is 0. The van der Waals surface area contributed by atoms with Crippen molar-refractivity contribution in [2.45, 2.75) is 38.1 Å². The topological polar surface area (TPSA) is 103 Å². The zero-order chi connectivity index (χ0) is 25.2. The quantitative estimate of drug-likeness (QED) is 0.236. The normalized spacial score (nSPS) is 12.4. The lowest BCUT2D eigenvalue weighted by molar-refractivity contribution is -0.136. The number of carbonyl (C=O) groups is 1. The van der Waals surface area contributed by atoms with Crippen molar-refractivity contribution in [3.8, 4) is 5.75 Å². The van der Waals surface area contributed by atoms with Crippen LogP contribution in [-0.2, 0) is 21.2 Å². The highest BCUT2D eigenvalue weighted by Crippen LogP contribution is 2.30. The van der Waals surface area contributed by atoms with E-state index in [2.05, 4.69) is 4.72 Å². The summed E-state index contributed by atoms with van der Waals surface area (Å²) in [6.45, 7) is 5.35. The SMILES string of the molecule is Cc1ccc(S(=O)(=O)N[C@@H](Cc2ccccc2)C(=O)Oc2cc(C)cc3oc(=O)cc(C)c23)cc1. The van der Waals surface area contributed by atoms with Crippen LogP contribution in [0.4, 0.5) is 0 Å². The molecule has 0 aliphatic heterocycles. The van der Waals surface area contributed by atoms with Crippen molar-refractivity contribution in [1.82, 2.24) is 4.72 Å². The third-order valence-electron chi connectivity index (χ3n) is 5.56. The Morgan fingerprint density at radius 1 is 0.943 bits per heavy atom. The second kappa shape index (κ2) is 9.85. The van der Waals surface area contributed by atoms with Crippen LogP contribution < -0.4 is 15.1 Å². The molecule has 1 atom stereocenters. The van der Waals surface area contributed by atoms with Gasteiger partial charge in [-0.05, 0) is 68.1 Å². The number of nitrogens with one attached hydrogen (secondary N) is 1. The van der Waals surface area contributed by atoms with E-state index in [4.69, 9.17) is 9.15 Å². The van der Waals surface area contributed by atoms with Gasteiger partial charge in [0.1, 0.15) is 17.4 Å². The summed E-state index contributed by atoms with van der Waals surface area (Å²) in [5, 5.41) is 0.475. The van der Waals surface area contributed by atoms with Crippen LogP contribution in [0, 0.1) is 20.8 Å². The van der Waals surface area contributed by atoms with E-state index in [1.54, 1.807) is 50.2 Å². The number of benzene rings is 3. The summed E-state index contributed by atoms with van der Waals surface area (Å²) in [7, 11) is -4.01. The fourth-order valence-corrected chi connectivity index (χ4v) is 5.02. The third-order valence-corrected chi connectivity index (χ3v) is 7.04. The molecule has 0 saturated carbocycles. The van der Waals surface area contributed by atoms with E-state index in [0.29, 0.717) is 16.5 Å². The molecule has 4 rings (SSSR count). The molecule has 180 valence electrons. The number of sulfonamides is 1. The van der Waals surface area contributed by atoms with Gasteiger partial charge in [-0.1, -0.05) is 48.0 Å². The Kier molecular flexibility index (Phi) is 6.86. The molecule has 0 saturated heterocycles. The highest BCUT2D eigenvalue weighted by atomic mass is 32.2. The van der Waals surface area contributed by atoms with Crippen molar-refractivity contribution in [2.24, 2.45) is 0 Å². The summed E-state index contributed by atoms with van der Waals surface area (Å²) < 4.78 is 39.7. The van der Waals surface area contributed by atoms with Crippen molar-refractivity contribution in [2.75, 3.05) is 0 Å². The van der Waals surface area contributed by atoms with Crippen LogP contribution in [0.25, 0.3) is 11.0 Å². The van der Waals surface area contributed by atoms with Crippen molar-refractivity contribution in [3.63, 3.8) is 0 Å². The molecule has 1 aromatic heterocycles. The van der Waals surface area contributed by atoms with Crippen molar-refractivity contribution < 1.29 is 22.4 Å². The molecule has 3 aromatic carbocycles. The van der Waals surface area contributed by atoms with Gasteiger partial charge in [0, 0.05) is 6.07 Å². The maximum Gasteiger partial charge on any atom is 0.336 e. The number of carbonyl (C=O) groups excluding carboxylic acids is 1. The van der Waals surface area contributed by atoms with Crippen LogP contribution in [0.3, 0.4) is 0 Å². The Bertz CT molecular complexity index is 1540. The van der Waals surface area contributed by atoms with Gasteiger partial charge in [0.2, 0.25) is 10.0 Å². The molecule has 0 aliphatic carbocycles. The van der Waals surface area contributed by atoms with E-state index in [1.165, 1.54) is 18.2 Å². The Morgan fingerprint density at radius 2 is 1.63 bits per heavy atom. The van der Waals surface area contributed by atoms with Crippen LogP contribution >= 0.6 is 0 Å². The number of aryl methyl sites for hydroxylation is 3. The van der Waals surface area contributed by atoms with Crippen LogP contribution in [0.15, 0.2) is 86.9 Å². The highest BCUT2D eigenvalue weighted by Gasteiger charge is 2.28. The molecule has 35 heavy (non-hydrogen) atoms. The second-order valence-corrected chi connectivity index (χ2v) is 10.2. The zero-order valence-electron chi connectivity index (χ0n) is 19.6. The molecule has 4 aromatic rings. The van der Waals surface area contributed by atoms with Crippen LogP contribution in [0.2, 0.25) is 0 Å². The number of esters is 1. The molecule has 0 spiro atoms. The van der Waals surface area contributed by atoms with E-state index in [-0.39, 0.29) is 22.6 Å². The average Bonchev–Trinajstić information content (AvgIpc) is 2.78. The van der Waals surface area contributed by atoms with E-state index in [0.717, 1.165) is 11.1 Å². The van der Waals surface area contributed by atoms with Gasteiger partial charge in [0.25, 0.3) is 0 Å². The summed E-state index contributed by atoms with van der Waals surface area (Å²) in [4.78, 5) is 25.2. The first-order valence-electron chi connectivity index (χ1n) is 11.0. The van der Waals surface area contributed by atoms with Crippen molar-refractivity contribution >= 4 is 27.0 Å². The smallest absolute Gasteiger partial charge is 0.336 e. The van der Waals surface area contributed by atoms with Gasteiger partial charge in [-0.25, -0.2) is 18.0 Å². The summed E-state index contributed by atoms with van der Waals surface area (Å²) in [5.74, 6) is -0.583. The molecule has 0 unspecified atom stereocenters. The maximum absolute atomic E-state index is 13.4. The minimum atomic E-state index is -4.01. The highest BCUT2D eigenvalue weighted by molar-refractivity contribution is 7.89. The first-order chi connectivity index (χ1) is 16.6. The fourth-order valence-electron chi connectivity index (χ4n) is 3.83. The maximum atomic E-state index is 13.4. The molecule has 1 heterocycles. The second-order valence-electron chi connectivity index (χ2n) is 8.48. The third kappa shape index (κ3) is 5.67. The minimum Gasteiger partial charge on any atom is -0.425 e. The standard InChI is InChI=1S/C27H25NO6S/c1-17-9-11-21(12-10-17)35(31,32)28-22(16-20-7-5-4-6-8-20)27(30)34-24-14-18(2)13-23-26(24)19(3)15-25(29)33-23/h4-15,22,28H,16H2,1-3H3/t22-/m0/s1. The van der Waals surface area contributed by atoms with Gasteiger partial charge in [-0.15, -0.1) is 0 Å². The molecule has 0 fully saturated rings. The summed E-state index contributed by atoms with van der Waals surface area (Å²) in [5.41, 5.74) is 2.76. The number of ether oxygens (including phenoxy) is 1. The Labute approximate surface area is 203 Å². The van der Waals surface area contributed by atoms with Gasteiger partial charge in [0.15, 0.2) is 0 Å². The molecule has 1 N–H and O–H groups in total. The lowest BCUT2D eigenvalue weighted by atomic mass is 10.1. The Hall–Kier alpha value is -3.75. The van der Waals surface area contributed by atoms with Gasteiger partial charge in [-0.2, -0.15) is 4.72 Å². The first-order valence-corrected chi connectivity index (χ1v) is 12.5. The molecule has 0 bridgehead atoms. The number of hydrogen-bond acceptors (Lipinski definition) is 6. The Morgan fingerprint density at radius 3 is 2.31 bits per heavy atom. The summed E-state index contributed by atoms with van der Waals surface area (Å²) in [6, 6.07) is 18.9. The average molecular weight is 492 g/mol. The molecule has 7 nitrogen and oxygen atoms in total. The van der Waals surface area contributed by atoms with Crippen molar-refractivity contribution in [3.05, 3.63) is 105 Å². The van der Waals surface area contributed by atoms with E-state index >= 15 is 0 Å². The molecular formula is C27H25NO6S. The van der Waals surface area contributed by atoms with E-state index < -0.39 is 27.7 Å². The lowest BCUT2D eigenvalue weighted by Crippen LogP contribution is -2.44. The first kappa shape index (κ1) is 24.4. The van der Waals surface area contributed by atoms with Gasteiger partial charge < -0.3 is 9.15 Å². The number of hydrogen-bond donors (Lipinski definition) is 1. The van der Waals surface area contributed by atoms with Gasteiger partial charge in [0.05, 0.1) is 10.3 Å². The molecule has 0 radical (unpaired) electrons. The van der Waals surface area contributed by atoms with Crippen molar-refractivity contribution in [1.29, 1.82) is 0 Å². The van der Waals surface area contributed by atoms with E-state index in [9.17, 15) is 18.0 Å². The lowest BCUT2D eigenvalue weighted by Gasteiger charge is -2.19. The number of fused-ring (bicyclic) bond motifs is 1. The molecule has 0 amide bonds.